The third kappa shape index (κ3) is 18.8. The van der Waals surface area contributed by atoms with Crippen molar-refractivity contribution in [2.45, 2.75) is 161 Å². The van der Waals surface area contributed by atoms with Gasteiger partial charge in [0, 0.05) is 165 Å². The van der Waals surface area contributed by atoms with Crippen LogP contribution in [0.5, 0.6) is 5.75 Å². The Labute approximate surface area is 779 Å². The first-order valence-electron chi connectivity index (χ1n) is 43.6. The maximum Gasteiger partial charge on any atom is 0.253 e. The summed E-state index contributed by atoms with van der Waals surface area (Å²) in [7, 11) is 1.99. The minimum atomic E-state index is -0.0693. The number of para-hydroxylation sites is 1. The monoisotopic (exact) mass is 2040 g/mol. The number of amidine groups is 1. The second-order valence-corrected chi connectivity index (χ2v) is 39.5. The molecule has 23 rings (SSSR count). The highest BCUT2D eigenvalue weighted by Crippen LogP contribution is 2.44. The molecule has 0 fully saturated rings. The number of hydrogen-bond acceptors (Lipinski definition) is 7. The zero-order valence-electron chi connectivity index (χ0n) is 70.5. The summed E-state index contributed by atoms with van der Waals surface area (Å²) in [5.74, 6) is 2.35. The number of aromatic amines is 5. The van der Waals surface area contributed by atoms with E-state index in [1.54, 1.807) is 6.20 Å². The fourth-order valence-corrected chi connectivity index (χ4v) is 21.5. The van der Waals surface area contributed by atoms with Gasteiger partial charge in [0.05, 0.1) is 41.6 Å². The number of Topliss-reactive ketones (excluding diaryl/α,β-unsaturated/α-hetero) is 1. The van der Waals surface area contributed by atoms with E-state index in [1.807, 2.05) is 51.2 Å². The fraction of sp³-hybridized carbons (Fsp3) is 0.269. The van der Waals surface area contributed by atoms with Gasteiger partial charge < -0.3 is 54.7 Å². The zero-order valence-corrected chi connectivity index (χ0v) is 80.0. The topological polar surface area (TPSA) is 194 Å². The number of aliphatic imine (C=N–C) groups is 1. The van der Waals surface area contributed by atoms with Gasteiger partial charge in [0.15, 0.2) is 5.78 Å². The summed E-state index contributed by atoms with van der Waals surface area (Å²) in [4.78, 5) is 51.3. The highest BCUT2D eigenvalue weighted by molar-refractivity contribution is 9.11. The third-order valence-electron chi connectivity index (χ3n) is 25.6. The van der Waals surface area contributed by atoms with E-state index in [4.69, 9.17) is 4.74 Å². The van der Waals surface area contributed by atoms with Crippen molar-refractivity contribution in [2.24, 2.45) is 18.0 Å². The van der Waals surface area contributed by atoms with Crippen LogP contribution >= 0.6 is 95.6 Å². The average molecular weight is 2050 g/mol. The van der Waals surface area contributed by atoms with Crippen molar-refractivity contribution >= 4 is 190 Å². The molecule has 16 aromatic rings. The highest BCUT2D eigenvalue weighted by Gasteiger charge is 2.33. The molecule has 0 saturated heterocycles. The first-order valence-corrected chi connectivity index (χ1v) is 48.4. The van der Waals surface area contributed by atoms with Gasteiger partial charge in [0.2, 0.25) is 0 Å². The van der Waals surface area contributed by atoms with E-state index in [-0.39, 0.29) is 24.0 Å². The molecule has 0 bridgehead atoms. The Hall–Kier alpha value is -10.0. The Bertz CT molecular complexity index is 6800. The van der Waals surface area contributed by atoms with Gasteiger partial charge in [-0.15, -0.1) is 0 Å². The second kappa shape index (κ2) is 37.9. The quantitative estimate of drug-likeness (QED) is 0.0708. The van der Waals surface area contributed by atoms with Crippen LogP contribution in [0, 0.1) is 19.8 Å². The number of ether oxygens (including phenoxy) is 1. The lowest BCUT2D eigenvalue weighted by Crippen LogP contribution is -2.31. The highest BCUT2D eigenvalue weighted by atomic mass is 79.9. The lowest BCUT2D eigenvalue weighted by molar-refractivity contribution is 0.0903. The Kier molecular flexibility index (Phi) is 26.0. The van der Waals surface area contributed by atoms with Crippen LogP contribution in [0.1, 0.15) is 201 Å². The van der Waals surface area contributed by atoms with Gasteiger partial charge in [-0.1, -0.05) is 151 Å². The molecule has 0 saturated carbocycles. The van der Waals surface area contributed by atoms with Gasteiger partial charge >= 0.3 is 0 Å². The van der Waals surface area contributed by atoms with Crippen LogP contribution in [0.15, 0.2) is 251 Å². The summed E-state index contributed by atoms with van der Waals surface area (Å²) in [6, 6.07) is 63.7. The number of anilines is 1. The standard InChI is InChI=1S/C23H22BrN3.C19H18BrN3O.C19H18BrNO.C16H16BrN3.C14H14BrNO.C13H12BrN/c24-17-9-10-21-20(13-17)19-7-4-8-22(23(19)26-21)27-12-11-16(15-27)14-25-18-5-2-1-3-6-18;1-11-5-6-12(10-21-11)19(24)23-17-4-2-3-14-15-9-13(20)7-8-16(15)22-18(14)17;1-12-5-8-14(9-6-12)22-18-4-2-3-15-16-11-13(20)7-10-17(16)21-19(15)18;17-10-6-7-13-12(9-10)11-3-1-4-14(16(11)20-13)19-15-5-2-8-18-15;1-8-3-5-10-11-7-9(15)4-6-12(11)16(2)13(10)14(8)17;1-8-3-2-4-10-11-7-9(14)5-6-12(11)15-13(8)10/h1-3,5-6,9-13,15,22,25-26H,4,7-8,14H2;5-10,17,22H,2-4H2,1H3,(H,23,24);5-11,18,21H,2-4H2,1H3;2,5-7,9,14,20H,1,3-4,8H2,(H,18,19);4,6-8H,3,5H2,1-2H3;5-7,15H,1-4H2. The van der Waals surface area contributed by atoms with Crippen LogP contribution in [0.2, 0.25) is 0 Å². The number of amides is 1. The molecule has 8 N–H and O–H groups in total. The maximum atomic E-state index is 12.5. The van der Waals surface area contributed by atoms with Gasteiger partial charge in [-0.2, -0.15) is 0 Å². The van der Waals surface area contributed by atoms with Crippen LogP contribution in [0.4, 0.5) is 5.69 Å². The number of nitrogens with one attached hydrogen (secondary N) is 8. The normalized spacial score (nSPS) is 17.8. The molecule has 0 radical (unpaired) electrons. The average Bonchev–Trinajstić information content (AvgIpc) is 1.57. The van der Waals surface area contributed by atoms with Crippen LogP contribution < -0.4 is 20.7 Å². The van der Waals surface area contributed by atoms with E-state index in [1.165, 1.54) is 166 Å². The molecule has 125 heavy (non-hydrogen) atoms. The number of H-pyrrole nitrogens is 5. The molecule has 1 amide bonds. The molecule has 7 aliphatic rings. The summed E-state index contributed by atoms with van der Waals surface area (Å²) in [6.07, 6.45) is 29.5. The Morgan fingerprint density at radius 3 is 1.66 bits per heavy atom. The second-order valence-electron chi connectivity index (χ2n) is 34.0. The van der Waals surface area contributed by atoms with Gasteiger partial charge in [-0.25, -0.2) is 0 Å². The molecule has 9 heterocycles. The van der Waals surface area contributed by atoms with Gasteiger partial charge in [-0.3, -0.25) is 19.6 Å². The van der Waals surface area contributed by atoms with Gasteiger partial charge in [-0.05, 0) is 325 Å². The minimum absolute atomic E-state index is 0.0220. The zero-order chi connectivity index (χ0) is 86.1. The lowest BCUT2D eigenvalue weighted by Gasteiger charge is -2.24. The number of aromatic nitrogens is 8. The predicted octanol–water partition coefficient (Wildman–Crippen LogP) is 28.3. The fourth-order valence-electron chi connectivity index (χ4n) is 19.3. The Balaban J connectivity index is 0.000000103. The molecule has 8 aromatic heterocycles. The van der Waals surface area contributed by atoms with Gasteiger partial charge in [0.25, 0.3) is 5.91 Å². The molecule has 0 spiro atoms. The number of carbonyl (C=O) groups excluding carboxylic acids is 2. The SMILES string of the molecule is Brc1ccc2[nH]c3c(c2c1)CCCC3NC1=NCC=C1.Brc1ccc2[nH]c3c(c2c1)CCCC3n1ccc(CNc2ccccc2)c1.C=C1CCCc2c1[nH]c1ccc(Br)cc21.CC1CCc2c(n(C)c3ccc(Br)cc23)C1=O.Cc1ccc(C(=O)NC2CCCc3c2[nH]c2ccc(Br)cc32)cn1.Cc1ccc(OC2CCCc3c2[nH]c2ccc(Br)cc32)cc1. The number of fused-ring (bicyclic) bond motifs is 18. The number of allylic oxidation sites excluding steroid dienone is 1. The molecular formula is C104H100Br6N12O3. The largest absolute Gasteiger partial charge is 0.484 e. The van der Waals surface area contributed by atoms with E-state index in [0.717, 1.165) is 156 Å². The summed E-state index contributed by atoms with van der Waals surface area (Å²) < 4.78 is 17.4. The van der Waals surface area contributed by atoms with E-state index in [9.17, 15) is 9.59 Å². The minimum Gasteiger partial charge on any atom is -0.484 e. The van der Waals surface area contributed by atoms with Crippen molar-refractivity contribution in [3.05, 3.63) is 336 Å². The van der Waals surface area contributed by atoms with Crippen molar-refractivity contribution in [1.82, 2.24) is 49.7 Å². The van der Waals surface area contributed by atoms with E-state index < -0.39 is 0 Å². The number of hydrogen-bond donors (Lipinski definition) is 8. The first-order chi connectivity index (χ1) is 60.7. The molecule has 6 aliphatic carbocycles. The molecule has 8 aromatic carbocycles. The van der Waals surface area contributed by atoms with E-state index >= 15 is 0 Å². The number of rotatable bonds is 9. The molecule has 5 unspecified atom stereocenters. The smallest absolute Gasteiger partial charge is 0.253 e. The number of carbonyl (C=O) groups is 2. The van der Waals surface area contributed by atoms with E-state index in [2.05, 4.69) is 345 Å². The molecule has 1 aliphatic heterocycles. The van der Waals surface area contributed by atoms with E-state index in [0.29, 0.717) is 23.4 Å². The Morgan fingerprint density at radius 2 is 1.06 bits per heavy atom. The number of aryl methyl sites for hydroxylation is 9. The van der Waals surface area contributed by atoms with Crippen LogP contribution in [-0.2, 0) is 52.1 Å². The third-order valence-corrected chi connectivity index (χ3v) is 28.6. The van der Waals surface area contributed by atoms with Crippen LogP contribution in [-0.4, -0.2) is 63.1 Å². The van der Waals surface area contributed by atoms with Crippen molar-refractivity contribution < 1.29 is 14.3 Å². The van der Waals surface area contributed by atoms with Crippen molar-refractivity contribution in [3.63, 3.8) is 0 Å². The predicted molar refractivity (Wildman–Crippen MR) is 534 cm³/mol. The number of ketones is 1. The first kappa shape index (κ1) is 85.8. The summed E-state index contributed by atoms with van der Waals surface area (Å²) in [6.45, 7) is 11.8. The van der Waals surface area contributed by atoms with Crippen LogP contribution in [0.25, 0.3) is 71.0 Å². The van der Waals surface area contributed by atoms with Crippen LogP contribution in [0.3, 0.4) is 0 Å². The Morgan fingerprint density at radius 1 is 0.528 bits per heavy atom. The number of benzene rings is 8. The molecule has 15 nitrogen and oxygen atoms in total. The molecular weight excluding hydrogens is 1940 g/mol. The number of pyridine rings is 1. The van der Waals surface area contributed by atoms with Crippen molar-refractivity contribution in [1.29, 1.82) is 0 Å². The lowest BCUT2D eigenvalue weighted by atomic mass is 9.87. The molecule has 5 atom stereocenters. The molecule has 21 heteroatoms. The summed E-state index contributed by atoms with van der Waals surface area (Å²) in [5, 5.41) is 18.1. The van der Waals surface area contributed by atoms with Crippen molar-refractivity contribution in [2.75, 3.05) is 11.9 Å². The number of nitrogens with zero attached hydrogens (tertiary/aromatic N) is 4. The number of halogens is 6. The summed E-state index contributed by atoms with van der Waals surface area (Å²) in [5.41, 5.74) is 29.3. The van der Waals surface area contributed by atoms with Crippen molar-refractivity contribution in [3.8, 4) is 5.75 Å². The maximum absolute atomic E-state index is 12.5. The van der Waals surface area contributed by atoms with Gasteiger partial charge in [0.1, 0.15) is 17.7 Å². The summed E-state index contributed by atoms with van der Waals surface area (Å²) >= 11 is 21.3. The molecule has 636 valence electrons.